The standard InChI is InChI=1S/C21H25N5O4S2/c1-4-9-23-20(27)16-7-5-14(11-24-16)18-12-31-21(26-18)25-17-10-15(32(22,28)29)6-8-19(17)30-13(2)3/h5-8,10-13H,4,9H2,1-3H3,(H,23,27)(H,25,26)(H2,22,28,29). The Morgan fingerprint density at radius 3 is 2.66 bits per heavy atom. The molecule has 0 saturated heterocycles. The van der Waals surface area contributed by atoms with Crippen LogP contribution in [-0.2, 0) is 10.0 Å². The van der Waals surface area contributed by atoms with Crippen LogP contribution in [0.2, 0.25) is 0 Å². The van der Waals surface area contributed by atoms with E-state index < -0.39 is 10.0 Å². The molecule has 3 rings (SSSR count). The molecule has 0 unspecified atom stereocenters. The van der Waals surface area contributed by atoms with E-state index in [2.05, 4.69) is 20.6 Å². The molecule has 4 N–H and O–H groups in total. The molecule has 2 heterocycles. The molecule has 9 nitrogen and oxygen atoms in total. The van der Waals surface area contributed by atoms with Gasteiger partial charge in [-0.15, -0.1) is 11.3 Å². The van der Waals surface area contributed by atoms with Crippen molar-refractivity contribution in [1.29, 1.82) is 0 Å². The lowest BCUT2D eigenvalue weighted by atomic mass is 10.2. The number of rotatable bonds is 9. The van der Waals surface area contributed by atoms with Gasteiger partial charge in [0.05, 0.1) is 22.4 Å². The van der Waals surface area contributed by atoms with Crippen LogP contribution in [0.1, 0.15) is 37.7 Å². The fourth-order valence-corrected chi connectivity index (χ4v) is 4.00. The van der Waals surface area contributed by atoms with Gasteiger partial charge < -0.3 is 15.4 Å². The SMILES string of the molecule is CCCNC(=O)c1ccc(-c2csc(Nc3cc(S(N)(=O)=O)ccc3OC(C)C)n2)cn1. The van der Waals surface area contributed by atoms with E-state index in [0.29, 0.717) is 34.5 Å². The van der Waals surface area contributed by atoms with Crippen molar-refractivity contribution in [3.63, 3.8) is 0 Å². The van der Waals surface area contributed by atoms with Crippen LogP contribution in [0.5, 0.6) is 5.75 Å². The topological polar surface area (TPSA) is 136 Å². The first-order valence-electron chi connectivity index (χ1n) is 9.98. The van der Waals surface area contributed by atoms with E-state index in [0.717, 1.165) is 12.0 Å². The van der Waals surface area contributed by atoms with Crippen LogP contribution in [0.15, 0.2) is 46.8 Å². The second kappa shape index (κ2) is 10.1. The van der Waals surface area contributed by atoms with Gasteiger partial charge in [0.1, 0.15) is 11.4 Å². The van der Waals surface area contributed by atoms with Crippen molar-refractivity contribution in [3.05, 3.63) is 47.6 Å². The number of hydrogen-bond donors (Lipinski definition) is 3. The van der Waals surface area contributed by atoms with Crippen molar-refractivity contribution in [2.45, 2.75) is 38.2 Å². The quantitative estimate of drug-likeness (QED) is 0.431. The maximum Gasteiger partial charge on any atom is 0.269 e. The van der Waals surface area contributed by atoms with Crippen molar-refractivity contribution in [1.82, 2.24) is 15.3 Å². The summed E-state index contributed by atoms with van der Waals surface area (Å²) in [5.74, 6) is 0.264. The van der Waals surface area contributed by atoms with E-state index in [4.69, 9.17) is 9.88 Å². The smallest absolute Gasteiger partial charge is 0.269 e. The first-order chi connectivity index (χ1) is 15.2. The summed E-state index contributed by atoms with van der Waals surface area (Å²) in [6.45, 7) is 6.32. The number of benzene rings is 1. The fourth-order valence-electron chi connectivity index (χ4n) is 2.73. The van der Waals surface area contributed by atoms with E-state index in [9.17, 15) is 13.2 Å². The average Bonchev–Trinajstić information content (AvgIpc) is 3.20. The molecule has 170 valence electrons. The molecular formula is C21H25N5O4S2. The van der Waals surface area contributed by atoms with Crippen LogP contribution in [0.3, 0.4) is 0 Å². The third-order valence-corrected chi connectivity index (χ3v) is 5.88. The van der Waals surface area contributed by atoms with Crippen LogP contribution in [0, 0.1) is 0 Å². The summed E-state index contributed by atoms with van der Waals surface area (Å²) in [6.07, 6.45) is 2.33. The summed E-state index contributed by atoms with van der Waals surface area (Å²) in [6, 6.07) is 7.80. The van der Waals surface area contributed by atoms with Gasteiger partial charge in [-0.05, 0) is 50.6 Å². The summed E-state index contributed by atoms with van der Waals surface area (Å²) >= 11 is 1.34. The Kier molecular flexibility index (Phi) is 7.44. The number of carbonyl (C=O) groups is 1. The Balaban J connectivity index is 1.82. The Bertz CT molecular complexity index is 1190. The highest BCUT2D eigenvalue weighted by Crippen LogP contribution is 2.33. The van der Waals surface area contributed by atoms with Gasteiger partial charge in [0, 0.05) is 23.7 Å². The zero-order valence-electron chi connectivity index (χ0n) is 18.0. The summed E-state index contributed by atoms with van der Waals surface area (Å²) < 4.78 is 29.3. The molecule has 32 heavy (non-hydrogen) atoms. The monoisotopic (exact) mass is 475 g/mol. The molecule has 3 aromatic rings. The molecule has 0 aliphatic carbocycles. The van der Waals surface area contributed by atoms with Gasteiger partial charge in [-0.1, -0.05) is 6.92 Å². The number of carbonyl (C=O) groups excluding carboxylic acids is 1. The normalized spacial score (nSPS) is 11.4. The number of nitrogens with zero attached hydrogens (tertiary/aromatic N) is 2. The highest BCUT2D eigenvalue weighted by atomic mass is 32.2. The number of aromatic nitrogens is 2. The molecular weight excluding hydrogens is 450 g/mol. The van der Waals surface area contributed by atoms with E-state index in [1.54, 1.807) is 24.4 Å². The number of sulfonamides is 1. The maximum atomic E-state index is 12.0. The lowest BCUT2D eigenvalue weighted by molar-refractivity contribution is 0.0948. The van der Waals surface area contributed by atoms with Crippen LogP contribution in [-0.4, -0.2) is 36.9 Å². The number of ether oxygens (including phenoxy) is 1. The molecule has 0 radical (unpaired) electrons. The van der Waals surface area contributed by atoms with E-state index in [-0.39, 0.29) is 16.9 Å². The summed E-state index contributed by atoms with van der Waals surface area (Å²) in [5, 5.41) is 13.5. The number of primary sulfonamides is 1. The van der Waals surface area contributed by atoms with E-state index in [1.807, 2.05) is 26.2 Å². The Labute approximate surface area is 191 Å². The van der Waals surface area contributed by atoms with Gasteiger partial charge in [0.25, 0.3) is 5.91 Å². The van der Waals surface area contributed by atoms with Gasteiger partial charge in [0.2, 0.25) is 10.0 Å². The number of nitrogens with one attached hydrogen (secondary N) is 2. The van der Waals surface area contributed by atoms with Crippen molar-refractivity contribution < 1.29 is 17.9 Å². The number of pyridine rings is 1. The minimum atomic E-state index is -3.87. The molecule has 0 aliphatic rings. The molecule has 1 amide bonds. The zero-order chi connectivity index (χ0) is 23.3. The average molecular weight is 476 g/mol. The second-order valence-electron chi connectivity index (χ2n) is 7.22. The minimum Gasteiger partial charge on any atom is -0.489 e. The number of hydrogen-bond acceptors (Lipinski definition) is 8. The predicted octanol–water partition coefficient (Wildman–Crippen LogP) is 3.52. The summed E-state index contributed by atoms with van der Waals surface area (Å²) in [5.41, 5.74) is 2.19. The molecule has 0 fully saturated rings. The Morgan fingerprint density at radius 2 is 2.03 bits per heavy atom. The highest BCUT2D eigenvalue weighted by molar-refractivity contribution is 7.89. The molecule has 0 aliphatic heterocycles. The Hall–Kier alpha value is -3.02. The first-order valence-corrected chi connectivity index (χ1v) is 12.4. The molecule has 0 atom stereocenters. The zero-order valence-corrected chi connectivity index (χ0v) is 19.6. The van der Waals surface area contributed by atoms with Crippen molar-refractivity contribution in [2.75, 3.05) is 11.9 Å². The van der Waals surface area contributed by atoms with Crippen molar-refractivity contribution in [2.24, 2.45) is 5.14 Å². The third-order valence-electron chi connectivity index (χ3n) is 4.22. The lowest BCUT2D eigenvalue weighted by Crippen LogP contribution is -2.24. The fraction of sp³-hybridized carbons (Fsp3) is 0.286. The van der Waals surface area contributed by atoms with Crippen LogP contribution in [0.4, 0.5) is 10.8 Å². The Morgan fingerprint density at radius 1 is 1.25 bits per heavy atom. The van der Waals surface area contributed by atoms with Gasteiger partial charge >= 0.3 is 0 Å². The maximum absolute atomic E-state index is 12.0. The molecule has 1 aromatic carbocycles. The number of nitrogens with two attached hydrogens (primary N) is 1. The van der Waals surface area contributed by atoms with E-state index in [1.165, 1.54) is 23.5 Å². The van der Waals surface area contributed by atoms with Crippen LogP contribution < -0.4 is 20.5 Å². The van der Waals surface area contributed by atoms with Gasteiger partial charge in [-0.2, -0.15) is 0 Å². The largest absolute Gasteiger partial charge is 0.489 e. The number of amides is 1. The van der Waals surface area contributed by atoms with Gasteiger partial charge in [-0.25, -0.2) is 18.5 Å². The molecule has 11 heteroatoms. The molecule has 0 spiro atoms. The molecule has 0 saturated carbocycles. The molecule has 0 bridgehead atoms. The predicted molar refractivity (Wildman–Crippen MR) is 125 cm³/mol. The van der Waals surface area contributed by atoms with Crippen LogP contribution >= 0.6 is 11.3 Å². The third kappa shape index (κ3) is 6.02. The van der Waals surface area contributed by atoms with Crippen molar-refractivity contribution >= 4 is 38.1 Å². The van der Waals surface area contributed by atoms with E-state index >= 15 is 0 Å². The van der Waals surface area contributed by atoms with Crippen molar-refractivity contribution in [3.8, 4) is 17.0 Å². The van der Waals surface area contributed by atoms with Gasteiger partial charge in [0.15, 0.2) is 5.13 Å². The first kappa shape index (κ1) is 23.6. The summed E-state index contributed by atoms with van der Waals surface area (Å²) in [4.78, 5) is 20.7. The highest BCUT2D eigenvalue weighted by Gasteiger charge is 2.15. The minimum absolute atomic E-state index is 0.0333. The summed E-state index contributed by atoms with van der Waals surface area (Å²) in [7, 11) is -3.87. The number of thiazole rings is 1. The van der Waals surface area contributed by atoms with Gasteiger partial charge in [-0.3, -0.25) is 9.78 Å². The van der Waals surface area contributed by atoms with Crippen LogP contribution in [0.25, 0.3) is 11.3 Å². The lowest BCUT2D eigenvalue weighted by Gasteiger charge is -2.15. The number of anilines is 2. The second-order valence-corrected chi connectivity index (χ2v) is 9.64. The molecule has 2 aromatic heterocycles.